The molecule has 0 bridgehead atoms. The van der Waals surface area contributed by atoms with Crippen LogP contribution >= 0.6 is 0 Å². The summed E-state index contributed by atoms with van der Waals surface area (Å²) in [5, 5.41) is 13.1. The number of carbonyl (C=O) groups is 2. The van der Waals surface area contributed by atoms with E-state index in [1.807, 2.05) is 0 Å². The van der Waals surface area contributed by atoms with Crippen molar-refractivity contribution in [2.24, 2.45) is 0 Å². The first kappa shape index (κ1) is 24.5. The maximum atomic E-state index is 13.0. The molecular weight excluding hydrogens is 462 g/mol. The van der Waals surface area contributed by atoms with Crippen molar-refractivity contribution in [2.45, 2.75) is 26.4 Å². The van der Waals surface area contributed by atoms with Gasteiger partial charge >= 0.3 is 12.1 Å². The smallest absolute Gasteiger partial charge is 0.407 e. The van der Waals surface area contributed by atoms with Crippen LogP contribution in [0.4, 0.5) is 4.79 Å². The molecule has 4 rings (SSSR count). The third-order valence-corrected chi connectivity index (χ3v) is 5.13. The minimum Gasteiger partial charge on any atom is -0.508 e. The topological polar surface area (TPSA) is 115 Å². The average Bonchev–Trinajstić information content (AvgIpc) is 2.81. The van der Waals surface area contributed by atoms with Crippen LogP contribution in [0, 0.1) is 0 Å². The summed E-state index contributed by atoms with van der Waals surface area (Å²) in [5.74, 6) is -0.278. The zero-order chi connectivity index (χ0) is 25.9. The maximum Gasteiger partial charge on any atom is 0.407 e. The minimum atomic E-state index is -0.614. The number of phenolic OH excluding ortho intramolecular Hbond substituents is 1. The normalized spacial score (nSPS) is 11.6. The van der Waals surface area contributed by atoms with Crippen LogP contribution in [0.3, 0.4) is 0 Å². The van der Waals surface area contributed by atoms with Crippen molar-refractivity contribution in [2.75, 3.05) is 6.54 Å². The molecule has 0 saturated heterocycles. The SMILES string of the molecule is CC(C)(C)OC(=O)NC/C=C/OC(=O)c1ccccc1-c1c2ccc(=O)cc-2oc2cc(O)ccc12. The van der Waals surface area contributed by atoms with Crippen LogP contribution in [0.5, 0.6) is 5.75 Å². The molecule has 36 heavy (non-hydrogen) atoms. The number of rotatable bonds is 5. The third kappa shape index (κ3) is 5.55. The Labute approximate surface area is 207 Å². The largest absolute Gasteiger partial charge is 0.508 e. The zero-order valence-electron chi connectivity index (χ0n) is 20.0. The average molecular weight is 488 g/mol. The summed E-state index contributed by atoms with van der Waals surface area (Å²) in [5.41, 5.74) is 1.67. The summed E-state index contributed by atoms with van der Waals surface area (Å²) < 4.78 is 16.3. The number of carbonyl (C=O) groups excluding carboxylic acids is 2. The molecule has 0 fully saturated rings. The first-order valence-corrected chi connectivity index (χ1v) is 11.2. The van der Waals surface area contributed by atoms with Crippen molar-refractivity contribution >= 4 is 23.0 Å². The quantitative estimate of drug-likeness (QED) is 0.218. The van der Waals surface area contributed by atoms with Crippen LogP contribution < -0.4 is 10.7 Å². The van der Waals surface area contributed by atoms with Crippen molar-refractivity contribution < 1.29 is 28.6 Å². The molecule has 1 aliphatic carbocycles. The number of hydrogen-bond donors (Lipinski definition) is 2. The summed E-state index contributed by atoms with van der Waals surface area (Å²) in [4.78, 5) is 36.7. The van der Waals surface area contributed by atoms with Gasteiger partial charge in [0.05, 0.1) is 11.8 Å². The Kier molecular flexibility index (Phi) is 6.78. The Hall–Kier alpha value is -4.59. The Balaban J connectivity index is 1.65. The Morgan fingerprint density at radius 2 is 1.81 bits per heavy atom. The molecule has 184 valence electrons. The van der Waals surface area contributed by atoms with E-state index in [2.05, 4.69) is 5.32 Å². The van der Waals surface area contributed by atoms with Gasteiger partial charge < -0.3 is 24.3 Å². The molecule has 2 aliphatic rings. The lowest BCUT2D eigenvalue weighted by atomic mass is 9.91. The molecule has 0 aromatic heterocycles. The lowest BCUT2D eigenvalue weighted by Crippen LogP contribution is -2.32. The van der Waals surface area contributed by atoms with Gasteiger partial charge in [0.15, 0.2) is 5.43 Å². The number of benzene rings is 3. The van der Waals surface area contributed by atoms with Crippen molar-refractivity contribution in [3.8, 4) is 28.2 Å². The van der Waals surface area contributed by atoms with Gasteiger partial charge in [0.2, 0.25) is 0 Å². The van der Waals surface area contributed by atoms with Gasteiger partial charge in [0, 0.05) is 35.2 Å². The van der Waals surface area contributed by atoms with Crippen LogP contribution in [-0.4, -0.2) is 29.3 Å². The standard InChI is InChI=1S/C28H25NO7/c1-28(2,3)36-27(33)29-13-6-14-34-26(32)20-8-5-4-7-19(20)25-21-11-9-17(30)15-23(21)35-24-16-18(31)10-12-22(24)25/h4-12,14-16,30H,13H2,1-3H3,(H,29,33)/b14-6+. The number of ether oxygens (including phenoxy) is 2. The van der Waals surface area contributed by atoms with E-state index in [9.17, 15) is 19.5 Å². The van der Waals surface area contributed by atoms with Gasteiger partial charge in [0.25, 0.3) is 0 Å². The Morgan fingerprint density at radius 3 is 2.58 bits per heavy atom. The van der Waals surface area contributed by atoms with Gasteiger partial charge in [-0.25, -0.2) is 9.59 Å². The van der Waals surface area contributed by atoms with E-state index in [1.165, 1.54) is 36.6 Å². The fourth-order valence-electron chi connectivity index (χ4n) is 3.71. The number of nitrogens with one attached hydrogen (secondary N) is 1. The van der Waals surface area contributed by atoms with Gasteiger partial charge in [-0.3, -0.25) is 4.79 Å². The van der Waals surface area contributed by atoms with E-state index < -0.39 is 17.7 Å². The van der Waals surface area contributed by atoms with Gasteiger partial charge in [-0.05, 0) is 62.7 Å². The highest BCUT2D eigenvalue weighted by Crippen LogP contribution is 2.41. The zero-order valence-corrected chi connectivity index (χ0v) is 20.0. The molecule has 0 spiro atoms. The predicted octanol–water partition coefficient (Wildman–Crippen LogP) is 5.47. The first-order valence-electron chi connectivity index (χ1n) is 11.2. The summed E-state index contributed by atoms with van der Waals surface area (Å²) in [6.07, 6.45) is 2.11. The molecule has 1 aliphatic heterocycles. The number of esters is 1. The van der Waals surface area contributed by atoms with Crippen molar-refractivity contribution in [3.63, 3.8) is 0 Å². The number of alkyl carbamates (subject to hydrolysis) is 1. The Bertz CT molecular complexity index is 1490. The molecule has 2 aromatic rings. The summed E-state index contributed by atoms with van der Waals surface area (Å²) in [6, 6.07) is 16.0. The summed E-state index contributed by atoms with van der Waals surface area (Å²) >= 11 is 0. The van der Waals surface area contributed by atoms with E-state index in [0.29, 0.717) is 33.4 Å². The second kappa shape index (κ2) is 9.95. The first-order chi connectivity index (χ1) is 17.1. The van der Waals surface area contributed by atoms with Gasteiger partial charge in [-0.15, -0.1) is 0 Å². The van der Waals surface area contributed by atoms with E-state index in [4.69, 9.17) is 13.9 Å². The van der Waals surface area contributed by atoms with Crippen molar-refractivity contribution in [1.29, 1.82) is 0 Å². The number of hydrogen-bond acceptors (Lipinski definition) is 7. The highest BCUT2D eigenvalue weighted by atomic mass is 16.6. The molecular formula is C28H25NO7. The highest BCUT2D eigenvalue weighted by Gasteiger charge is 2.22. The van der Waals surface area contributed by atoms with E-state index in [1.54, 1.807) is 57.2 Å². The highest BCUT2D eigenvalue weighted by molar-refractivity contribution is 6.08. The molecule has 1 heterocycles. The molecule has 8 nitrogen and oxygen atoms in total. The molecule has 2 aromatic carbocycles. The fraction of sp³-hybridized carbons (Fsp3) is 0.179. The monoisotopic (exact) mass is 487 g/mol. The second-order valence-electron chi connectivity index (χ2n) is 9.02. The third-order valence-electron chi connectivity index (χ3n) is 5.13. The van der Waals surface area contributed by atoms with Crippen LogP contribution in [0.2, 0.25) is 0 Å². The summed E-state index contributed by atoms with van der Waals surface area (Å²) in [7, 11) is 0. The molecule has 0 saturated carbocycles. The lowest BCUT2D eigenvalue weighted by molar-refractivity contribution is 0.0534. The minimum absolute atomic E-state index is 0.00708. The molecule has 8 heteroatoms. The van der Waals surface area contributed by atoms with Crippen LogP contribution in [-0.2, 0) is 9.47 Å². The molecule has 0 radical (unpaired) electrons. The fourth-order valence-corrected chi connectivity index (χ4v) is 3.71. The van der Waals surface area contributed by atoms with E-state index in [-0.39, 0.29) is 23.3 Å². The Morgan fingerprint density at radius 1 is 1.03 bits per heavy atom. The van der Waals surface area contributed by atoms with Gasteiger partial charge in [-0.1, -0.05) is 18.2 Å². The van der Waals surface area contributed by atoms with E-state index >= 15 is 0 Å². The number of phenols is 1. The van der Waals surface area contributed by atoms with Gasteiger partial charge in [0.1, 0.15) is 22.7 Å². The molecule has 0 atom stereocenters. The second-order valence-corrected chi connectivity index (χ2v) is 9.02. The van der Waals surface area contributed by atoms with Gasteiger partial charge in [-0.2, -0.15) is 0 Å². The maximum absolute atomic E-state index is 13.0. The van der Waals surface area contributed by atoms with E-state index in [0.717, 1.165) is 0 Å². The van der Waals surface area contributed by atoms with Crippen molar-refractivity contribution in [1.82, 2.24) is 5.32 Å². The van der Waals surface area contributed by atoms with Crippen LogP contribution in [0.1, 0.15) is 31.1 Å². The number of fused-ring (bicyclic) bond motifs is 2. The summed E-state index contributed by atoms with van der Waals surface area (Å²) in [6.45, 7) is 5.39. The van der Waals surface area contributed by atoms with Crippen LogP contribution in [0.25, 0.3) is 33.4 Å². The molecule has 1 amide bonds. The lowest BCUT2D eigenvalue weighted by Gasteiger charge is -2.19. The molecule has 0 unspecified atom stereocenters. The predicted molar refractivity (Wildman–Crippen MR) is 135 cm³/mol. The van der Waals surface area contributed by atoms with Crippen LogP contribution in [0.15, 0.2) is 82.2 Å². The number of aromatic hydroxyl groups is 1. The molecule has 2 N–H and O–H groups in total. The number of amides is 1. The van der Waals surface area contributed by atoms with Crippen molar-refractivity contribution in [3.05, 3.63) is 88.8 Å².